The Morgan fingerprint density at radius 2 is 1.82 bits per heavy atom. The van der Waals surface area contributed by atoms with Gasteiger partial charge in [0.1, 0.15) is 11.5 Å². The first-order valence-corrected chi connectivity index (χ1v) is 10.4. The average molecular weight is 481 g/mol. The molecule has 2 atom stereocenters. The van der Waals surface area contributed by atoms with Gasteiger partial charge >= 0.3 is 6.18 Å². The van der Waals surface area contributed by atoms with Gasteiger partial charge in [-0.05, 0) is 24.8 Å². The summed E-state index contributed by atoms with van der Waals surface area (Å²) in [5.41, 5.74) is -1.49. The number of halogens is 5. The molecule has 0 spiro atoms. The molecule has 2 aromatic heterocycles. The topological polar surface area (TPSA) is 88.8 Å². The van der Waals surface area contributed by atoms with Crippen molar-refractivity contribution in [2.45, 2.75) is 32.0 Å². The van der Waals surface area contributed by atoms with Crippen molar-refractivity contribution in [2.24, 2.45) is 5.92 Å². The van der Waals surface area contributed by atoms with Gasteiger partial charge in [-0.15, -0.1) is 4.80 Å². The van der Waals surface area contributed by atoms with Gasteiger partial charge in [0, 0.05) is 31.5 Å². The van der Waals surface area contributed by atoms with Crippen molar-refractivity contribution in [1.82, 2.24) is 29.9 Å². The van der Waals surface area contributed by atoms with Gasteiger partial charge in [0.25, 0.3) is 5.91 Å². The second kappa shape index (κ2) is 9.31. The summed E-state index contributed by atoms with van der Waals surface area (Å²) >= 11 is 0. The van der Waals surface area contributed by atoms with Crippen molar-refractivity contribution in [2.75, 3.05) is 18.4 Å². The van der Waals surface area contributed by atoms with Crippen molar-refractivity contribution < 1.29 is 26.7 Å². The van der Waals surface area contributed by atoms with Gasteiger partial charge in [0.2, 0.25) is 5.95 Å². The number of aromatic nitrogens is 5. The third-order valence-corrected chi connectivity index (χ3v) is 5.70. The van der Waals surface area contributed by atoms with Crippen LogP contribution in [0.25, 0.3) is 5.69 Å². The first-order chi connectivity index (χ1) is 16.1. The normalized spacial score (nSPS) is 18.7. The summed E-state index contributed by atoms with van der Waals surface area (Å²) in [7, 11) is 0. The molecule has 3 heterocycles. The molecule has 0 saturated carbocycles. The number of nitrogens with one attached hydrogen (secondary N) is 1. The predicted octanol–water partition coefficient (Wildman–Crippen LogP) is 3.71. The van der Waals surface area contributed by atoms with Crippen molar-refractivity contribution in [3.05, 3.63) is 59.7 Å². The Hall–Kier alpha value is -3.64. The summed E-state index contributed by atoms with van der Waals surface area (Å²) in [5, 5.41) is 10.6. The van der Waals surface area contributed by atoms with E-state index in [4.69, 9.17) is 0 Å². The maximum atomic E-state index is 14.6. The number of benzene rings is 1. The van der Waals surface area contributed by atoms with Gasteiger partial charge in [0.15, 0.2) is 5.82 Å². The van der Waals surface area contributed by atoms with Crippen LogP contribution in [0.5, 0.6) is 0 Å². The number of amides is 1. The molecule has 1 amide bonds. The number of carbonyl (C=O) groups is 1. The van der Waals surface area contributed by atoms with Crippen molar-refractivity contribution in [3.63, 3.8) is 0 Å². The molecule has 0 bridgehead atoms. The number of piperidine rings is 1. The first kappa shape index (κ1) is 23.5. The number of likely N-dealkylation sites (tertiary alicyclic amines) is 1. The van der Waals surface area contributed by atoms with Crippen LogP contribution in [-0.2, 0) is 6.18 Å². The van der Waals surface area contributed by atoms with E-state index in [2.05, 4.69) is 25.5 Å². The van der Waals surface area contributed by atoms with E-state index in [1.165, 1.54) is 17.3 Å². The molecule has 1 fully saturated rings. The molecule has 0 unspecified atom stereocenters. The molecular formula is C21H20F5N7O. The minimum atomic E-state index is -4.55. The number of hydrogen-bond acceptors (Lipinski definition) is 6. The third kappa shape index (κ3) is 4.82. The molecule has 0 aliphatic carbocycles. The van der Waals surface area contributed by atoms with Crippen LogP contribution in [0.2, 0.25) is 0 Å². The summed E-state index contributed by atoms with van der Waals surface area (Å²) < 4.78 is 66.9. The van der Waals surface area contributed by atoms with Crippen LogP contribution in [0.1, 0.15) is 35.7 Å². The fraction of sp³-hybridized carbons (Fsp3) is 0.381. The zero-order valence-electron chi connectivity index (χ0n) is 17.9. The first-order valence-electron chi connectivity index (χ1n) is 10.4. The number of nitrogens with zero attached hydrogens (tertiary/aromatic N) is 6. The number of hydrogen-bond donors (Lipinski definition) is 1. The van der Waals surface area contributed by atoms with E-state index in [0.29, 0.717) is 31.4 Å². The highest BCUT2D eigenvalue weighted by Gasteiger charge is 2.35. The maximum absolute atomic E-state index is 14.6. The third-order valence-electron chi connectivity index (χ3n) is 5.70. The van der Waals surface area contributed by atoms with Crippen molar-refractivity contribution in [3.8, 4) is 5.69 Å². The van der Waals surface area contributed by atoms with Gasteiger partial charge in [-0.1, -0.05) is 6.92 Å². The molecule has 1 aromatic carbocycles. The van der Waals surface area contributed by atoms with Crippen LogP contribution in [-0.4, -0.2) is 54.9 Å². The van der Waals surface area contributed by atoms with Crippen LogP contribution in [0, 0.1) is 17.6 Å². The van der Waals surface area contributed by atoms with E-state index in [9.17, 15) is 26.7 Å². The maximum Gasteiger partial charge on any atom is 0.419 e. The largest absolute Gasteiger partial charge is 0.419 e. The summed E-state index contributed by atoms with van der Waals surface area (Å²) in [5.74, 6) is -2.56. The zero-order valence-corrected chi connectivity index (χ0v) is 17.9. The Kier molecular flexibility index (Phi) is 6.44. The fourth-order valence-corrected chi connectivity index (χ4v) is 3.99. The zero-order chi connectivity index (χ0) is 24.5. The van der Waals surface area contributed by atoms with E-state index in [1.54, 1.807) is 0 Å². The summed E-state index contributed by atoms with van der Waals surface area (Å²) in [6.45, 7) is 2.38. The number of carbonyl (C=O) groups excluding carboxylic acids is 1. The molecule has 1 N–H and O–H groups in total. The van der Waals surface area contributed by atoms with Gasteiger partial charge in [-0.25, -0.2) is 18.7 Å². The number of anilines is 1. The van der Waals surface area contributed by atoms with Crippen LogP contribution in [0.4, 0.5) is 27.9 Å². The van der Waals surface area contributed by atoms with Crippen molar-refractivity contribution in [1.29, 1.82) is 0 Å². The number of alkyl halides is 3. The lowest BCUT2D eigenvalue weighted by Crippen LogP contribution is -2.51. The average Bonchev–Trinajstić information content (AvgIpc) is 3.31. The van der Waals surface area contributed by atoms with Gasteiger partial charge in [-0.3, -0.25) is 4.79 Å². The van der Waals surface area contributed by atoms with E-state index in [-0.39, 0.29) is 29.7 Å². The molecule has 4 rings (SSSR count). The molecule has 0 radical (unpaired) electrons. The molecule has 3 aromatic rings. The molecular weight excluding hydrogens is 461 g/mol. The molecule has 1 aliphatic heterocycles. The highest BCUT2D eigenvalue weighted by molar-refractivity contribution is 5.98. The Labute approximate surface area is 190 Å². The lowest BCUT2D eigenvalue weighted by Gasteiger charge is -2.40. The smallest absolute Gasteiger partial charge is 0.352 e. The molecule has 1 saturated heterocycles. The van der Waals surface area contributed by atoms with E-state index in [0.717, 1.165) is 17.3 Å². The summed E-state index contributed by atoms with van der Waals surface area (Å²) in [6.07, 6.45) is 0.847. The summed E-state index contributed by atoms with van der Waals surface area (Å²) in [4.78, 5) is 23.3. The van der Waals surface area contributed by atoms with E-state index < -0.39 is 35.3 Å². The Bertz CT molecular complexity index is 1150. The molecule has 180 valence electrons. The van der Waals surface area contributed by atoms with E-state index in [1.807, 2.05) is 6.92 Å². The SMILES string of the molecule is C[C@@H]1CCCN(C(=O)c2cc(F)cc(F)c2-n2nccn2)[C@@H]1CNc1ncc(C(F)(F)F)cn1. The lowest BCUT2D eigenvalue weighted by atomic mass is 9.90. The minimum Gasteiger partial charge on any atom is -0.352 e. The highest BCUT2D eigenvalue weighted by atomic mass is 19.4. The standard InChI is InChI=1S/C21H20F5N7O/c1-12-3-2-6-32(17(12)11-29-20-27-9-13(10-28-20)21(24,25)26)19(34)15-7-14(22)8-16(23)18(15)33-30-4-5-31-33/h4-5,7-10,12,17H,2-3,6,11H2,1H3,(H,27,28,29)/t12-,17-/m1/s1. The number of rotatable bonds is 5. The van der Waals surface area contributed by atoms with E-state index >= 15 is 0 Å². The second-order valence-corrected chi connectivity index (χ2v) is 7.96. The molecule has 13 heteroatoms. The van der Waals surface area contributed by atoms with Gasteiger partial charge < -0.3 is 10.2 Å². The molecule has 1 aliphatic rings. The van der Waals surface area contributed by atoms with Crippen LogP contribution >= 0.6 is 0 Å². The van der Waals surface area contributed by atoms with Crippen molar-refractivity contribution >= 4 is 11.9 Å². The van der Waals surface area contributed by atoms with Crippen LogP contribution in [0.15, 0.2) is 36.9 Å². The van der Waals surface area contributed by atoms with Crippen LogP contribution < -0.4 is 5.32 Å². The monoisotopic (exact) mass is 481 g/mol. The van der Waals surface area contributed by atoms with Gasteiger partial charge in [-0.2, -0.15) is 23.4 Å². The quantitative estimate of drug-likeness (QED) is 0.559. The molecule has 34 heavy (non-hydrogen) atoms. The molecule has 8 nitrogen and oxygen atoms in total. The second-order valence-electron chi connectivity index (χ2n) is 7.96. The fourth-order valence-electron chi connectivity index (χ4n) is 3.99. The lowest BCUT2D eigenvalue weighted by molar-refractivity contribution is -0.138. The van der Waals surface area contributed by atoms with Gasteiger partial charge in [0.05, 0.1) is 29.6 Å². The highest BCUT2D eigenvalue weighted by Crippen LogP contribution is 2.29. The Balaban J connectivity index is 1.59. The minimum absolute atomic E-state index is 0.00988. The predicted molar refractivity (Wildman–Crippen MR) is 110 cm³/mol. The Morgan fingerprint density at radius 3 is 2.47 bits per heavy atom. The van der Waals surface area contributed by atoms with Crippen LogP contribution in [0.3, 0.4) is 0 Å². The summed E-state index contributed by atoms with van der Waals surface area (Å²) in [6, 6.07) is 1.15. The Morgan fingerprint density at radius 1 is 1.15 bits per heavy atom.